The third kappa shape index (κ3) is 3.35. The SMILES string of the molecule is CC1(C)CN(c2cccc(Br)c2)C(=O)C(CCO)N1. The fraction of sp³-hybridized carbons (Fsp3) is 0.500. The maximum Gasteiger partial charge on any atom is 0.244 e. The summed E-state index contributed by atoms with van der Waals surface area (Å²) in [5, 5.41) is 12.4. The van der Waals surface area contributed by atoms with Gasteiger partial charge in [0.2, 0.25) is 5.91 Å². The van der Waals surface area contributed by atoms with Crippen LogP contribution < -0.4 is 10.2 Å². The van der Waals surface area contributed by atoms with E-state index in [1.807, 2.05) is 24.3 Å². The van der Waals surface area contributed by atoms with Crippen LogP contribution >= 0.6 is 15.9 Å². The smallest absolute Gasteiger partial charge is 0.244 e. The topological polar surface area (TPSA) is 52.6 Å². The number of amides is 1. The Morgan fingerprint density at radius 1 is 1.53 bits per heavy atom. The van der Waals surface area contributed by atoms with E-state index in [0.29, 0.717) is 13.0 Å². The lowest BCUT2D eigenvalue weighted by Crippen LogP contribution is -2.65. The molecular weight excluding hydrogens is 308 g/mol. The highest BCUT2D eigenvalue weighted by atomic mass is 79.9. The Bertz CT molecular complexity index is 476. The van der Waals surface area contributed by atoms with Gasteiger partial charge in [0.1, 0.15) is 0 Å². The molecule has 0 spiro atoms. The molecule has 0 radical (unpaired) electrons. The lowest BCUT2D eigenvalue weighted by atomic mass is 9.96. The van der Waals surface area contributed by atoms with E-state index in [1.165, 1.54) is 0 Å². The maximum absolute atomic E-state index is 12.5. The van der Waals surface area contributed by atoms with Crippen LogP contribution in [0.5, 0.6) is 0 Å². The number of halogens is 1. The summed E-state index contributed by atoms with van der Waals surface area (Å²) in [4.78, 5) is 14.2. The maximum atomic E-state index is 12.5. The largest absolute Gasteiger partial charge is 0.396 e. The molecule has 2 N–H and O–H groups in total. The molecule has 1 heterocycles. The zero-order valence-corrected chi connectivity index (χ0v) is 12.8. The second-order valence-corrected chi connectivity index (χ2v) is 6.41. The number of aliphatic hydroxyl groups excluding tert-OH is 1. The van der Waals surface area contributed by atoms with Gasteiger partial charge in [0.05, 0.1) is 6.04 Å². The fourth-order valence-corrected chi connectivity index (χ4v) is 2.81. The van der Waals surface area contributed by atoms with Crippen molar-refractivity contribution in [3.8, 4) is 0 Å². The highest BCUT2D eigenvalue weighted by Gasteiger charge is 2.38. The van der Waals surface area contributed by atoms with Gasteiger partial charge >= 0.3 is 0 Å². The summed E-state index contributed by atoms with van der Waals surface area (Å²) < 4.78 is 0.952. The van der Waals surface area contributed by atoms with Crippen LogP contribution in [0.4, 0.5) is 5.69 Å². The van der Waals surface area contributed by atoms with Crippen molar-refractivity contribution in [2.45, 2.75) is 31.8 Å². The molecule has 0 saturated carbocycles. The van der Waals surface area contributed by atoms with Gasteiger partial charge in [0, 0.05) is 28.9 Å². The summed E-state index contributed by atoms with van der Waals surface area (Å²) in [6, 6.07) is 7.40. The molecule has 5 heteroatoms. The number of anilines is 1. The van der Waals surface area contributed by atoms with E-state index in [-0.39, 0.29) is 24.1 Å². The summed E-state index contributed by atoms with van der Waals surface area (Å²) in [7, 11) is 0. The molecule has 1 amide bonds. The normalized spacial score (nSPS) is 22.6. The highest BCUT2D eigenvalue weighted by Crippen LogP contribution is 2.26. The number of carbonyl (C=O) groups excluding carboxylic acids is 1. The number of hydrogen-bond donors (Lipinski definition) is 2. The Morgan fingerprint density at radius 2 is 2.26 bits per heavy atom. The average molecular weight is 327 g/mol. The number of nitrogens with one attached hydrogen (secondary N) is 1. The van der Waals surface area contributed by atoms with Gasteiger partial charge in [0.15, 0.2) is 0 Å². The fourth-order valence-electron chi connectivity index (χ4n) is 2.43. The third-order valence-electron chi connectivity index (χ3n) is 3.22. The molecule has 0 aliphatic carbocycles. The van der Waals surface area contributed by atoms with Crippen molar-refractivity contribution in [3.05, 3.63) is 28.7 Å². The van der Waals surface area contributed by atoms with E-state index in [4.69, 9.17) is 5.11 Å². The van der Waals surface area contributed by atoms with E-state index in [0.717, 1.165) is 10.2 Å². The second kappa shape index (κ2) is 5.61. The van der Waals surface area contributed by atoms with Crippen LogP contribution in [0.2, 0.25) is 0 Å². The van der Waals surface area contributed by atoms with Gasteiger partial charge < -0.3 is 10.0 Å². The summed E-state index contributed by atoms with van der Waals surface area (Å²) >= 11 is 3.43. The molecule has 0 aromatic heterocycles. The minimum Gasteiger partial charge on any atom is -0.396 e. The van der Waals surface area contributed by atoms with Crippen LogP contribution in [0.3, 0.4) is 0 Å². The molecule has 1 unspecified atom stereocenters. The van der Waals surface area contributed by atoms with Crippen molar-refractivity contribution in [1.29, 1.82) is 0 Å². The Kier molecular flexibility index (Phi) is 4.28. The molecule has 1 atom stereocenters. The van der Waals surface area contributed by atoms with Crippen molar-refractivity contribution in [1.82, 2.24) is 5.32 Å². The summed E-state index contributed by atoms with van der Waals surface area (Å²) in [5.74, 6) is 0.0199. The molecule has 19 heavy (non-hydrogen) atoms. The molecule has 1 aromatic carbocycles. The van der Waals surface area contributed by atoms with Gasteiger partial charge in [-0.3, -0.25) is 10.1 Å². The Labute approximate surface area is 121 Å². The van der Waals surface area contributed by atoms with Crippen LogP contribution in [-0.2, 0) is 4.79 Å². The first kappa shape index (κ1) is 14.5. The molecular formula is C14H19BrN2O2. The summed E-state index contributed by atoms with van der Waals surface area (Å²) in [5.41, 5.74) is 0.715. The van der Waals surface area contributed by atoms with E-state index < -0.39 is 0 Å². The molecule has 1 aliphatic heterocycles. The Hall–Kier alpha value is -0.910. The number of nitrogens with zero attached hydrogens (tertiary/aromatic N) is 1. The van der Waals surface area contributed by atoms with E-state index >= 15 is 0 Å². The van der Waals surface area contributed by atoms with Crippen molar-refractivity contribution < 1.29 is 9.90 Å². The van der Waals surface area contributed by atoms with Crippen molar-refractivity contribution in [2.24, 2.45) is 0 Å². The van der Waals surface area contributed by atoms with Gasteiger partial charge in [-0.05, 0) is 38.5 Å². The number of rotatable bonds is 3. The molecule has 2 rings (SSSR count). The minimum absolute atomic E-state index is 0.00576. The van der Waals surface area contributed by atoms with Crippen molar-refractivity contribution in [2.75, 3.05) is 18.1 Å². The highest BCUT2D eigenvalue weighted by molar-refractivity contribution is 9.10. The molecule has 1 aliphatic rings. The number of benzene rings is 1. The zero-order valence-electron chi connectivity index (χ0n) is 11.2. The first-order valence-electron chi connectivity index (χ1n) is 6.38. The first-order valence-corrected chi connectivity index (χ1v) is 7.18. The Morgan fingerprint density at radius 3 is 2.89 bits per heavy atom. The molecule has 1 saturated heterocycles. The van der Waals surface area contributed by atoms with Gasteiger partial charge in [-0.2, -0.15) is 0 Å². The van der Waals surface area contributed by atoms with Crippen LogP contribution in [0.15, 0.2) is 28.7 Å². The molecule has 4 nitrogen and oxygen atoms in total. The second-order valence-electron chi connectivity index (χ2n) is 5.50. The molecule has 1 fully saturated rings. The summed E-state index contributed by atoms with van der Waals surface area (Å²) in [6.07, 6.45) is 0.437. The van der Waals surface area contributed by atoms with E-state index in [1.54, 1.807) is 4.90 Å². The van der Waals surface area contributed by atoms with E-state index in [2.05, 4.69) is 35.1 Å². The van der Waals surface area contributed by atoms with Gasteiger partial charge in [0.25, 0.3) is 0 Å². The lowest BCUT2D eigenvalue weighted by molar-refractivity contribution is -0.123. The van der Waals surface area contributed by atoms with Gasteiger partial charge in [-0.15, -0.1) is 0 Å². The van der Waals surface area contributed by atoms with Crippen molar-refractivity contribution >= 4 is 27.5 Å². The number of hydrogen-bond acceptors (Lipinski definition) is 3. The number of piperazine rings is 1. The van der Waals surface area contributed by atoms with Crippen LogP contribution in [-0.4, -0.2) is 35.7 Å². The molecule has 104 valence electrons. The third-order valence-corrected chi connectivity index (χ3v) is 3.71. The first-order chi connectivity index (χ1) is 8.93. The predicted molar refractivity (Wildman–Crippen MR) is 79.2 cm³/mol. The quantitative estimate of drug-likeness (QED) is 0.892. The zero-order chi connectivity index (χ0) is 14.0. The van der Waals surface area contributed by atoms with Gasteiger partial charge in [-0.25, -0.2) is 0 Å². The molecule has 0 bridgehead atoms. The predicted octanol–water partition coefficient (Wildman–Crippen LogP) is 1.91. The molecule has 1 aromatic rings. The van der Waals surface area contributed by atoms with E-state index in [9.17, 15) is 4.79 Å². The van der Waals surface area contributed by atoms with Crippen molar-refractivity contribution in [3.63, 3.8) is 0 Å². The number of aliphatic hydroxyl groups is 1. The minimum atomic E-state index is -0.326. The standard InChI is InChI=1S/C14H19BrN2O2/c1-14(2)9-17(11-5-3-4-10(15)8-11)13(19)12(16-14)6-7-18/h3-5,8,12,16,18H,6-7,9H2,1-2H3. The monoisotopic (exact) mass is 326 g/mol. The Balaban J connectivity index is 2.30. The average Bonchev–Trinajstić information content (AvgIpc) is 2.33. The number of carbonyl (C=O) groups is 1. The van der Waals surface area contributed by atoms with Crippen LogP contribution in [0, 0.1) is 0 Å². The summed E-state index contributed by atoms with van der Waals surface area (Å²) in [6.45, 7) is 4.75. The van der Waals surface area contributed by atoms with Gasteiger partial charge in [-0.1, -0.05) is 22.0 Å². The van der Waals surface area contributed by atoms with Crippen LogP contribution in [0.25, 0.3) is 0 Å². The van der Waals surface area contributed by atoms with Crippen LogP contribution in [0.1, 0.15) is 20.3 Å². The lowest BCUT2D eigenvalue weighted by Gasteiger charge is -2.43.